The zero-order valence-electron chi connectivity index (χ0n) is 17.5. The van der Waals surface area contributed by atoms with Crippen LogP contribution in [0.5, 0.6) is 0 Å². The van der Waals surface area contributed by atoms with E-state index in [1.807, 2.05) is 35.6 Å². The molecule has 1 aliphatic heterocycles. The zero-order chi connectivity index (χ0) is 20.2. The van der Waals surface area contributed by atoms with E-state index >= 15 is 0 Å². The van der Waals surface area contributed by atoms with Gasteiger partial charge in [-0.2, -0.15) is 16.9 Å². The number of ether oxygens (including phenoxy) is 1. The second kappa shape index (κ2) is 9.86. The third kappa shape index (κ3) is 5.38. The first-order valence-electron chi connectivity index (χ1n) is 10.7. The molecule has 0 spiro atoms. The predicted octanol–water partition coefficient (Wildman–Crippen LogP) is 4.77. The van der Waals surface area contributed by atoms with Crippen molar-refractivity contribution in [3.8, 4) is 0 Å². The van der Waals surface area contributed by atoms with Crippen LogP contribution in [-0.2, 0) is 18.2 Å². The van der Waals surface area contributed by atoms with Crippen molar-refractivity contribution in [2.75, 3.05) is 25.2 Å². The summed E-state index contributed by atoms with van der Waals surface area (Å²) in [4.78, 5) is 2.77. The quantitative estimate of drug-likeness (QED) is 0.656. The summed E-state index contributed by atoms with van der Waals surface area (Å²) in [5.41, 5.74) is 2.62. The van der Waals surface area contributed by atoms with Crippen molar-refractivity contribution < 1.29 is 4.74 Å². The first kappa shape index (κ1) is 21.2. The lowest BCUT2D eigenvalue weighted by atomic mass is 9.82. The molecule has 1 aromatic carbocycles. The summed E-state index contributed by atoms with van der Waals surface area (Å²) < 4.78 is 8.17. The molecule has 158 valence electrons. The molecule has 1 aliphatic carbocycles. The maximum atomic E-state index is 6.24. The van der Waals surface area contributed by atoms with Crippen molar-refractivity contribution in [2.45, 2.75) is 56.2 Å². The summed E-state index contributed by atoms with van der Waals surface area (Å²) in [6.07, 6.45) is 10.6. The van der Waals surface area contributed by atoms with Gasteiger partial charge in [0.2, 0.25) is 0 Å². The SMILES string of the molecule is CSCC1CN(C2CCC(c3ccn(C)n3)CC2)C(Cc2ccc(Cl)cc2)CO1. The highest BCUT2D eigenvalue weighted by atomic mass is 35.5. The van der Waals surface area contributed by atoms with Crippen LogP contribution in [0.15, 0.2) is 36.5 Å². The largest absolute Gasteiger partial charge is 0.374 e. The number of morpholine rings is 1. The molecule has 1 aromatic heterocycles. The van der Waals surface area contributed by atoms with Crippen LogP contribution in [-0.4, -0.2) is 58.0 Å². The fraction of sp³-hybridized carbons (Fsp3) is 0.609. The van der Waals surface area contributed by atoms with Gasteiger partial charge in [0.05, 0.1) is 18.4 Å². The van der Waals surface area contributed by atoms with Crippen LogP contribution in [0.4, 0.5) is 0 Å². The Hall–Kier alpha value is -1.01. The minimum absolute atomic E-state index is 0.347. The van der Waals surface area contributed by atoms with Gasteiger partial charge in [0.15, 0.2) is 0 Å². The van der Waals surface area contributed by atoms with Crippen molar-refractivity contribution in [1.82, 2.24) is 14.7 Å². The predicted molar refractivity (Wildman–Crippen MR) is 122 cm³/mol. The Kier molecular flexibility index (Phi) is 7.22. The molecule has 2 unspecified atom stereocenters. The normalized spacial score (nSPS) is 28.5. The number of halogens is 1. The summed E-state index contributed by atoms with van der Waals surface area (Å²) >= 11 is 7.97. The molecule has 29 heavy (non-hydrogen) atoms. The van der Waals surface area contributed by atoms with Gasteiger partial charge in [0.25, 0.3) is 0 Å². The van der Waals surface area contributed by atoms with E-state index < -0.39 is 0 Å². The van der Waals surface area contributed by atoms with E-state index in [1.54, 1.807) is 0 Å². The van der Waals surface area contributed by atoms with Gasteiger partial charge in [0, 0.05) is 48.6 Å². The molecule has 6 heteroatoms. The van der Waals surface area contributed by atoms with E-state index in [0.717, 1.165) is 30.3 Å². The average molecular weight is 434 g/mol. The van der Waals surface area contributed by atoms with Crippen molar-refractivity contribution in [3.63, 3.8) is 0 Å². The Morgan fingerprint density at radius 1 is 1.14 bits per heavy atom. The molecule has 2 atom stereocenters. The Balaban J connectivity index is 1.42. The molecular formula is C23H32ClN3OS. The highest BCUT2D eigenvalue weighted by Crippen LogP contribution is 2.36. The topological polar surface area (TPSA) is 30.3 Å². The maximum absolute atomic E-state index is 6.24. The second-order valence-corrected chi connectivity index (χ2v) is 9.86. The van der Waals surface area contributed by atoms with Crippen LogP contribution < -0.4 is 0 Å². The van der Waals surface area contributed by atoms with Gasteiger partial charge in [-0.15, -0.1) is 0 Å². The third-order valence-electron chi connectivity index (χ3n) is 6.46. The summed E-state index contributed by atoms with van der Waals surface area (Å²) in [7, 11) is 2.01. The van der Waals surface area contributed by atoms with Crippen molar-refractivity contribution in [3.05, 3.63) is 52.8 Å². The van der Waals surface area contributed by atoms with Crippen LogP contribution in [0.2, 0.25) is 5.02 Å². The van der Waals surface area contributed by atoms with E-state index in [-0.39, 0.29) is 0 Å². The Bertz CT molecular complexity index is 773. The molecule has 0 radical (unpaired) electrons. The smallest absolute Gasteiger partial charge is 0.0793 e. The van der Waals surface area contributed by atoms with Crippen LogP contribution in [0.25, 0.3) is 0 Å². The number of aromatic nitrogens is 2. The molecule has 1 saturated carbocycles. The lowest BCUT2D eigenvalue weighted by molar-refractivity contribution is -0.0750. The van der Waals surface area contributed by atoms with Crippen molar-refractivity contribution >= 4 is 23.4 Å². The first-order chi connectivity index (χ1) is 14.1. The molecule has 4 nitrogen and oxygen atoms in total. The van der Waals surface area contributed by atoms with E-state index in [2.05, 4.69) is 40.7 Å². The van der Waals surface area contributed by atoms with Gasteiger partial charge in [-0.3, -0.25) is 9.58 Å². The van der Waals surface area contributed by atoms with Crippen LogP contribution in [0.1, 0.15) is 42.9 Å². The Morgan fingerprint density at radius 3 is 2.55 bits per heavy atom. The van der Waals surface area contributed by atoms with E-state index in [0.29, 0.717) is 24.1 Å². The lowest BCUT2D eigenvalue weighted by Crippen LogP contribution is -2.56. The highest BCUT2D eigenvalue weighted by molar-refractivity contribution is 7.98. The fourth-order valence-electron chi connectivity index (χ4n) is 4.94. The molecule has 2 fully saturated rings. The van der Waals surface area contributed by atoms with E-state index in [1.165, 1.54) is 36.9 Å². The average Bonchev–Trinajstić information content (AvgIpc) is 3.17. The van der Waals surface area contributed by atoms with Gasteiger partial charge in [0.1, 0.15) is 0 Å². The molecule has 0 amide bonds. The number of hydrogen-bond acceptors (Lipinski definition) is 4. The van der Waals surface area contributed by atoms with Gasteiger partial charge < -0.3 is 4.74 Å². The zero-order valence-corrected chi connectivity index (χ0v) is 19.0. The maximum Gasteiger partial charge on any atom is 0.0793 e. The summed E-state index contributed by atoms with van der Waals surface area (Å²) in [6.45, 7) is 1.88. The first-order valence-corrected chi connectivity index (χ1v) is 12.5. The monoisotopic (exact) mass is 433 g/mol. The number of aryl methyl sites for hydroxylation is 1. The van der Waals surface area contributed by atoms with Gasteiger partial charge in [-0.25, -0.2) is 0 Å². The molecule has 1 saturated heterocycles. The number of hydrogen-bond donors (Lipinski definition) is 0. The van der Waals surface area contributed by atoms with Crippen molar-refractivity contribution in [1.29, 1.82) is 0 Å². The lowest BCUT2D eigenvalue weighted by Gasteiger charge is -2.46. The standard InChI is InChI=1S/C23H32ClN3OS/c1-26-12-11-23(25-26)18-5-9-20(10-6-18)27-14-22(16-29-2)28-15-21(27)13-17-3-7-19(24)8-4-17/h3-4,7-8,11-12,18,20-22H,5-6,9-10,13-16H2,1-2H3. The third-order valence-corrected chi connectivity index (χ3v) is 7.42. The number of thioether (sulfide) groups is 1. The molecule has 2 aliphatic rings. The molecule has 2 heterocycles. The highest BCUT2D eigenvalue weighted by Gasteiger charge is 2.36. The molecule has 0 bridgehead atoms. The van der Waals surface area contributed by atoms with Gasteiger partial charge in [-0.05, 0) is 62.1 Å². The molecule has 0 N–H and O–H groups in total. The number of benzene rings is 1. The van der Waals surface area contributed by atoms with Crippen LogP contribution in [0, 0.1) is 0 Å². The van der Waals surface area contributed by atoms with E-state index in [4.69, 9.17) is 16.3 Å². The summed E-state index contributed by atoms with van der Waals surface area (Å²) in [5.74, 6) is 1.69. The van der Waals surface area contributed by atoms with Gasteiger partial charge >= 0.3 is 0 Å². The summed E-state index contributed by atoms with van der Waals surface area (Å²) in [5, 5.41) is 5.46. The van der Waals surface area contributed by atoms with Crippen molar-refractivity contribution in [2.24, 2.45) is 7.05 Å². The van der Waals surface area contributed by atoms with Crippen LogP contribution in [0.3, 0.4) is 0 Å². The molecule has 2 aromatic rings. The Labute approximate surface area is 183 Å². The summed E-state index contributed by atoms with van der Waals surface area (Å²) in [6, 6.07) is 11.6. The van der Waals surface area contributed by atoms with Gasteiger partial charge in [-0.1, -0.05) is 23.7 Å². The molecular weight excluding hydrogens is 402 g/mol. The fourth-order valence-corrected chi connectivity index (χ4v) is 5.64. The number of nitrogens with zero attached hydrogens (tertiary/aromatic N) is 3. The van der Waals surface area contributed by atoms with Crippen LogP contribution >= 0.6 is 23.4 Å². The second-order valence-electron chi connectivity index (χ2n) is 8.51. The minimum Gasteiger partial charge on any atom is -0.374 e. The Morgan fingerprint density at radius 2 is 1.90 bits per heavy atom. The minimum atomic E-state index is 0.347. The van der Waals surface area contributed by atoms with E-state index in [9.17, 15) is 0 Å². The number of rotatable bonds is 6. The molecule has 4 rings (SSSR count).